The standard InChI is InChI=1S/C13H16N2.ClH/c14-12(8-9-4-5-9)10-2-1-3-13-11(10)6-7-15-13;/h1-3,6-7,9,12,15H,4-5,8,14H2;1H/t12-;/m1./s1. The van der Waals surface area contributed by atoms with E-state index in [1.165, 1.54) is 29.3 Å². The van der Waals surface area contributed by atoms with Gasteiger partial charge in [0.2, 0.25) is 0 Å². The second-order valence-corrected chi connectivity index (χ2v) is 4.57. The number of fused-ring (bicyclic) bond motifs is 1. The lowest BCUT2D eigenvalue weighted by Crippen LogP contribution is -2.11. The quantitative estimate of drug-likeness (QED) is 0.843. The first-order valence-electron chi connectivity index (χ1n) is 5.66. The highest BCUT2D eigenvalue weighted by molar-refractivity contribution is 5.85. The predicted molar refractivity (Wildman–Crippen MR) is 69.8 cm³/mol. The molecule has 1 saturated carbocycles. The lowest BCUT2D eigenvalue weighted by Gasteiger charge is -2.12. The van der Waals surface area contributed by atoms with E-state index in [2.05, 4.69) is 29.2 Å². The number of hydrogen-bond acceptors (Lipinski definition) is 1. The average molecular weight is 237 g/mol. The highest BCUT2D eigenvalue weighted by Crippen LogP contribution is 2.37. The molecular weight excluding hydrogens is 220 g/mol. The first-order chi connectivity index (χ1) is 7.34. The molecular formula is C13H17ClN2. The number of benzene rings is 1. The summed E-state index contributed by atoms with van der Waals surface area (Å²) in [6.45, 7) is 0. The smallest absolute Gasteiger partial charge is 0.0457 e. The Morgan fingerprint density at radius 1 is 1.31 bits per heavy atom. The summed E-state index contributed by atoms with van der Waals surface area (Å²) < 4.78 is 0. The van der Waals surface area contributed by atoms with Crippen LogP contribution >= 0.6 is 12.4 Å². The van der Waals surface area contributed by atoms with Crippen LogP contribution < -0.4 is 5.73 Å². The van der Waals surface area contributed by atoms with Crippen LogP contribution in [0.15, 0.2) is 30.5 Å². The Hall–Kier alpha value is -0.990. The number of halogens is 1. The van der Waals surface area contributed by atoms with E-state index in [9.17, 15) is 0 Å². The van der Waals surface area contributed by atoms with Crippen LogP contribution in [-0.2, 0) is 0 Å². The van der Waals surface area contributed by atoms with Crippen LogP contribution in [0, 0.1) is 5.92 Å². The molecule has 1 heterocycles. The third-order valence-electron chi connectivity index (χ3n) is 3.31. The van der Waals surface area contributed by atoms with Gasteiger partial charge in [-0.3, -0.25) is 0 Å². The largest absolute Gasteiger partial charge is 0.361 e. The van der Waals surface area contributed by atoms with Gasteiger partial charge in [0, 0.05) is 23.1 Å². The molecule has 3 heteroatoms. The van der Waals surface area contributed by atoms with Crippen molar-refractivity contribution < 1.29 is 0 Å². The molecule has 3 N–H and O–H groups in total. The molecule has 0 saturated heterocycles. The van der Waals surface area contributed by atoms with Crippen LogP contribution in [-0.4, -0.2) is 4.98 Å². The van der Waals surface area contributed by atoms with E-state index in [0.717, 1.165) is 12.3 Å². The van der Waals surface area contributed by atoms with Crippen molar-refractivity contribution in [3.05, 3.63) is 36.0 Å². The van der Waals surface area contributed by atoms with Crippen LogP contribution in [0.3, 0.4) is 0 Å². The van der Waals surface area contributed by atoms with Gasteiger partial charge < -0.3 is 10.7 Å². The summed E-state index contributed by atoms with van der Waals surface area (Å²) in [5, 5.41) is 1.28. The van der Waals surface area contributed by atoms with Crippen molar-refractivity contribution in [3.63, 3.8) is 0 Å². The molecule has 1 aromatic carbocycles. The summed E-state index contributed by atoms with van der Waals surface area (Å²) >= 11 is 0. The van der Waals surface area contributed by atoms with E-state index in [4.69, 9.17) is 5.73 Å². The Labute approximate surface area is 102 Å². The fourth-order valence-corrected chi connectivity index (χ4v) is 2.27. The maximum absolute atomic E-state index is 6.25. The van der Waals surface area contributed by atoms with E-state index >= 15 is 0 Å². The third kappa shape index (κ3) is 2.08. The molecule has 0 spiro atoms. The maximum Gasteiger partial charge on any atom is 0.0457 e. The predicted octanol–water partition coefficient (Wildman–Crippen LogP) is 3.39. The van der Waals surface area contributed by atoms with Gasteiger partial charge >= 0.3 is 0 Å². The van der Waals surface area contributed by atoms with E-state index in [1.54, 1.807) is 0 Å². The molecule has 0 radical (unpaired) electrons. The van der Waals surface area contributed by atoms with Gasteiger partial charge in [-0.15, -0.1) is 12.4 Å². The third-order valence-corrected chi connectivity index (χ3v) is 3.31. The first kappa shape index (κ1) is 11.5. The summed E-state index contributed by atoms with van der Waals surface area (Å²) in [4.78, 5) is 3.23. The monoisotopic (exact) mass is 236 g/mol. The lowest BCUT2D eigenvalue weighted by atomic mass is 9.99. The Balaban J connectivity index is 0.000000963. The molecule has 2 aromatic rings. The normalized spacial score (nSPS) is 17.1. The zero-order valence-electron chi connectivity index (χ0n) is 9.15. The molecule has 0 aliphatic heterocycles. The average Bonchev–Trinajstić information content (AvgIpc) is 2.93. The van der Waals surface area contributed by atoms with Gasteiger partial charge in [0.1, 0.15) is 0 Å². The SMILES string of the molecule is Cl.N[C@H](CC1CC1)c1cccc2[nH]ccc12. The molecule has 1 aromatic heterocycles. The van der Waals surface area contributed by atoms with Gasteiger partial charge in [0.15, 0.2) is 0 Å². The minimum absolute atomic E-state index is 0. The summed E-state index contributed by atoms with van der Waals surface area (Å²) in [7, 11) is 0. The molecule has 0 amide bonds. The van der Waals surface area contributed by atoms with Gasteiger partial charge in [-0.25, -0.2) is 0 Å². The molecule has 86 valence electrons. The number of nitrogens with one attached hydrogen (secondary N) is 1. The van der Waals surface area contributed by atoms with Gasteiger partial charge in [-0.2, -0.15) is 0 Å². The Morgan fingerprint density at radius 3 is 2.88 bits per heavy atom. The minimum atomic E-state index is 0. The fourth-order valence-electron chi connectivity index (χ4n) is 2.27. The lowest BCUT2D eigenvalue weighted by molar-refractivity contribution is 0.600. The maximum atomic E-state index is 6.25. The topological polar surface area (TPSA) is 41.8 Å². The van der Waals surface area contributed by atoms with E-state index in [1.807, 2.05) is 6.20 Å². The minimum Gasteiger partial charge on any atom is -0.361 e. The second-order valence-electron chi connectivity index (χ2n) is 4.57. The van der Waals surface area contributed by atoms with Gasteiger partial charge in [-0.1, -0.05) is 25.0 Å². The van der Waals surface area contributed by atoms with Crippen molar-refractivity contribution in [1.29, 1.82) is 0 Å². The highest BCUT2D eigenvalue weighted by Gasteiger charge is 2.25. The molecule has 1 atom stereocenters. The van der Waals surface area contributed by atoms with Crippen LogP contribution in [0.1, 0.15) is 30.9 Å². The summed E-state index contributed by atoms with van der Waals surface area (Å²) in [6.07, 6.45) is 5.87. The van der Waals surface area contributed by atoms with E-state index in [0.29, 0.717) is 0 Å². The molecule has 2 nitrogen and oxygen atoms in total. The van der Waals surface area contributed by atoms with Gasteiger partial charge in [0.25, 0.3) is 0 Å². The molecule has 0 unspecified atom stereocenters. The second kappa shape index (κ2) is 4.48. The number of rotatable bonds is 3. The Bertz CT molecular complexity index is 473. The Morgan fingerprint density at radius 2 is 2.12 bits per heavy atom. The summed E-state index contributed by atoms with van der Waals surface area (Å²) in [5.41, 5.74) is 8.73. The van der Waals surface area contributed by atoms with Crippen molar-refractivity contribution in [2.45, 2.75) is 25.3 Å². The van der Waals surface area contributed by atoms with Crippen LogP contribution in [0.2, 0.25) is 0 Å². The molecule has 1 fully saturated rings. The number of hydrogen-bond donors (Lipinski definition) is 2. The molecule has 16 heavy (non-hydrogen) atoms. The summed E-state index contributed by atoms with van der Waals surface area (Å²) in [6, 6.07) is 8.67. The first-order valence-corrected chi connectivity index (χ1v) is 5.66. The molecule has 0 bridgehead atoms. The van der Waals surface area contributed by atoms with Crippen LogP contribution in [0.4, 0.5) is 0 Å². The van der Waals surface area contributed by atoms with Crippen molar-refractivity contribution in [3.8, 4) is 0 Å². The van der Waals surface area contributed by atoms with Crippen molar-refractivity contribution in [2.24, 2.45) is 11.7 Å². The highest BCUT2D eigenvalue weighted by atomic mass is 35.5. The molecule has 3 rings (SSSR count). The van der Waals surface area contributed by atoms with E-state index < -0.39 is 0 Å². The van der Waals surface area contributed by atoms with Crippen LogP contribution in [0.25, 0.3) is 10.9 Å². The van der Waals surface area contributed by atoms with Crippen molar-refractivity contribution in [2.75, 3.05) is 0 Å². The number of nitrogens with two attached hydrogens (primary N) is 1. The fraction of sp³-hybridized carbons (Fsp3) is 0.385. The summed E-state index contributed by atoms with van der Waals surface area (Å²) in [5.74, 6) is 0.884. The van der Waals surface area contributed by atoms with Gasteiger partial charge in [0.05, 0.1) is 0 Å². The zero-order valence-corrected chi connectivity index (χ0v) is 9.96. The van der Waals surface area contributed by atoms with Crippen molar-refractivity contribution >= 4 is 23.3 Å². The Kier molecular flexibility index (Phi) is 3.22. The van der Waals surface area contributed by atoms with E-state index in [-0.39, 0.29) is 18.4 Å². The number of H-pyrrole nitrogens is 1. The van der Waals surface area contributed by atoms with Crippen molar-refractivity contribution in [1.82, 2.24) is 4.98 Å². The van der Waals surface area contributed by atoms with Gasteiger partial charge in [-0.05, 0) is 30.0 Å². The van der Waals surface area contributed by atoms with Crippen LogP contribution in [0.5, 0.6) is 0 Å². The number of aromatic nitrogens is 1. The molecule has 1 aliphatic carbocycles. The zero-order chi connectivity index (χ0) is 10.3. The molecule has 1 aliphatic rings. The number of aromatic amines is 1.